The zero-order valence-corrected chi connectivity index (χ0v) is 11.1. The maximum absolute atomic E-state index is 11.9. The van der Waals surface area contributed by atoms with Gasteiger partial charge in [-0.05, 0) is 6.92 Å². The minimum absolute atomic E-state index is 0.111. The second-order valence-electron chi connectivity index (χ2n) is 3.41. The van der Waals surface area contributed by atoms with Crippen LogP contribution in [0.15, 0.2) is 0 Å². The Labute approximate surface area is 101 Å². The van der Waals surface area contributed by atoms with Gasteiger partial charge in [0.25, 0.3) is 0 Å². The summed E-state index contributed by atoms with van der Waals surface area (Å²) in [5, 5.41) is 7.27. The van der Waals surface area contributed by atoms with E-state index in [1.807, 2.05) is 0 Å². The summed E-state index contributed by atoms with van der Waals surface area (Å²) >= 11 is 0. The molecule has 1 atom stereocenters. The zero-order valence-electron chi connectivity index (χ0n) is 10.2. The molecule has 0 saturated heterocycles. The van der Waals surface area contributed by atoms with E-state index in [0.29, 0.717) is 0 Å². The first-order chi connectivity index (χ1) is 7.87. The van der Waals surface area contributed by atoms with Crippen LogP contribution in [-0.4, -0.2) is 69.6 Å². The average Bonchev–Trinajstić information content (AvgIpc) is 2.27. The van der Waals surface area contributed by atoms with Crippen LogP contribution in [0.25, 0.3) is 0 Å². The predicted molar refractivity (Wildman–Crippen MR) is 61.3 cm³/mol. The summed E-state index contributed by atoms with van der Waals surface area (Å²) in [4.78, 5) is 10.7. The third-order valence-corrected chi connectivity index (χ3v) is 4.42. The number of carboxylic acid groups (broad SMARTS) is 1. The van der Waals surface area contributed by atoms with Gasteiger partial charge in [0.15, 0.2) is 5.25 Å². The summed E-state index contributed by atoms with van der Waals surface area (Å²) in [6.07, 6.45) is 0. The first kappa shape index (κ1) is 16.3. The Morgan fingerprint density at radius 2 is 1.65 bits per heavy atom. The van der Waals surface area contributed by atoms with Gasteiger partial charge in [-0.1, -0.05) is 0 Å². The van der Waals surface area contributed by atoms with Crippen molar-refractivity contribution in [3.8, 4) is 0 Å². The van der Waals surface area contributed by atoms with Crippen LogP contribution in [0.4, 0.5) is 0 Å². The largest absolute Gasteiger partial charge is 0.480 e. The summed E-state index contributed by atoms with van der Waals surface area (Å²) in [6.45, 7) is 1.77. The first-order valence-electron chi connectivity index (χ1n) is 5.07. The van der Waals surface area contributed by atoms with Gasteiger partial charge in [-0.15, -0.1) is 0 Å². The van der Waals surface area contributed by atoms with Crippen molar-refractivity contribution < 1.29 is 27.8 Å². The van der Waals surface area contributed by atoms with Gasteiger partial charge in [-0.25, -0.2) is 8.42 Å². The molecule has 7 nitrogen and oxygen atoms in total. The molecule has 0 aromatic rings. The van der Waals surface area contributed by atoms with Crippen molar-refractivity contribution in [2.75, 3.05) is 40.5 Å². The lowest BCUT2D eigenvalue weighted by Gasteiger charge is -2.23. The van der Waals surface area contributed by atoms with E-state index in [-0.39, 0.29) is 26.3 Å². The third kappa shape index (κ3) is 4.99. The van der Waals surface area contributed by atoms with E-state index in [2.05, 4.69) is 0 Å². The van der Waals surface area contributed by atoms with E-state index >= 15 is 0 Å². The highest BCUT2D eigenvalue weighted by molar-refractivity contribution is 7.90. The fourth-order valence-electron chi connectivity index (χ4n) is 1.10. The fraction of sp³-hybridized carbons (Fsp3) is 0.889. The van der Waals surface area contributed by atoms with Crippen molar-refractivity contribution in [1.29, 1.82) is 0 Å². The van der Waals surface area contributed by atoms with Gasteiger partial charge in [0, 0.05) is 27.3 Å². The highest BCUT2D eigenvalue weighted by Crippen LogP contribution is 2.09. The van der Waals surface area contributed by atoms with Gasteiger partial charge in [0.1, 0.15) is 0 Å². The third-order valence-electron chi connectivity index (χ3n) is 2.24. The Bertz CT molecular complexity index is 320. The highest BCUT2D eigenvalue weighted by Gasteiger charge is 2.33. The number of rotatable bonds is 9. The number of nitrogens with zero attached hydrogens (tertiary/aromatic N) is 1. The first-order valence-corrected chi connectivity index (χ1v) is 6.57. The van der Waals surface area contributed by atoms with Crippen LogP contribution < -0.4 is 0 Å². The van der Waals surface area contributed by atoms with Crippen LogP contribution >= 0.6 is 0 Å². The molecule has 0 amide bonds. The Morgan fingerprint density at radius 1 is 1.24 bits per heavy atom. The molecular weight excluding hydrogens is 250 g/mol. The standard InChI is InChI=1S/C9H19NO6S/c1-8(9(11)12)17(13,14)10(4-6-15-2)5-7-16-3/h8H,4-7H2,1-3H3,(H,11,12). The Kier molecular flexibility index (Phi) is 7.28. The maximum Gasteiger partial charge on any atom is 0.323 e. The molecule has 17 heavy (non-hydrogen) atoms. The van der Waals surface area contributed by atoms with Crippen LogP contribution in [0, 0.1) is 0 Å². The smallest absolute Gasteiger partial charge is 0.323 e. The molecule has 1 N–H and O–H groups in total. The quantitative estimate of drug-likeness (QED) is 0.600. The highest BCUT2D eigenvalue weighted by atomic mass is 32.2. The van der Waals surface area contributed by atoms with E-state index in [9.17, 15) is 13.2 Å². The van der Waals surface area contributed by atoms with Gasteiger partial charge >= 0.3 is 5.97 Å². The molecule has 0 radical (unpaired) electrons. The number of ether oxygens (including phenoxy) is 2. The van der Waals surface area contributed by atoms with Crippen LogP contribution in [0.3, 0.4) is 0 Å². The summed E-state index contributed by atoms with van der Waals surface area (Å²) in [5.41, 5.74) is 0. The summed E-state index contributed by atoms with van der Waals surface area (Å²) < 4.78 is 34.5. The zero-order chi connectivity index (χ0) is 13.5. The van der Waals surface area contributed by atoms with Crippen molar-refractivity contribution in [1.82, 2.24) is 4.31 Å². The molecule has 0 aliphatic carbocycles. The lowest BCUT2D eigenvalue weighted by Crippen LogP contribution is -2.44. The van der Waals surface area contributed by atoms with Crippen molar-refractivity contribution in [2.45, 2.75) is 12.2 Å². The van der Waals surface area contributed by atoms with Gasteiger partial charge in [0.2, 0.25) is 10.0 Å². The minimum atomic E-state index is -3.87. The molecule has 8 heteroatoms. The molecule has 0 aromatic carbocycles. The van der Waals surface area contributed by atoms with Gasteiger partial charge in [0.05, 0.1) is 13.2 Å². The molecular formula is C9H19NO6S. The van der Waals surface area contributed by atoms with E-state index in [1.54, 1.807) is 0 Å². The number of carboxylic acids is 1. The van der Waals surface area contributed by atoms with Gasteiger partial charge < -0.3 is 14.6 Å². The molecule has 0 aliphatic heterocycles. The number of aliphatic carboxylic acids is 1. The van der Waals surface area contributed by atoms with Crippen molar-refractivity contribution >= 4 is 16.0 Å². The molecule has 0 aromatic heterocycles. The number of hydrogen-bond donors (Lipinski definition) is 1. The molecule has 1 unspecified atom stereocenters. The van der Waals surface area contributed by atoms with Crippen LogP contribution in [0.5, 0.6) is 0 Å². The number of methoxy groups -OCH3 is 2. The van der Waals surface area contributed by atoms with Crippen LogP contribution in [0.2, 0.25) is 0 Å². The molecule has 0 heterocycles. The van der Waals surface area contributed by atoms with Crippen molar-refractivity contribution in [2.24, 2.45) is 0 Å². The molecule has 102 valence electrons. The fourth-order valence-corrected chi connectivity index (χ4v) is 2.46. The van der Waals surface area contributed by atoms with Crippen molar-refractivity contribution in [3.05, 3.63) is 0 Å². The Morgan fingerprint density at radius 3 is 1.94 bits per heavy atom. The summed E-state index contributed by atoms with van der Waals surface area (Å²) in [5.74, 6) is -1.37. The normalized spacial score (nSPS) is 13.9. The number of sulfonamides is 1. The van der Waals surface area contributed by atoms with E-state index in [0.717, 1.165) is 11.2 Å². The SMILES string of the molecule is COCCN(CCOC)S(=O)(=O)C(C)C(=O)O. The molecule has 0 spiro atoms. The average molecular weight is 269 g/mol. The van der Waals surface area contributed by atoms with Gasteiger partial charge in [-0.2, -0.15) is 4.31 Å². The topological polar surface area (TPSA) is 93.1 Å². The van der Waals surface area contributed by atoms with Crippen LogP contribution in [0.1, 0.15) is 6.92 Å². The summed E-state index contributed by atoms with van der Waals surface area (Å²) in [7, 11) is -0.979. The second-order valence-corrected chi connectivity index (χ2v) is 5.66. The second kappa shape index (κ2) is 7.59. The minimum Gasteiger partial charge on any atom is -0.480 e. The molecule has 0 fully saturated rings. The van der Waals surface area contributed by atoms with Crippen LogP contribution in [-0.2, 0) is 24.3 Å². The van der Waals surface area contributed by atoms with E-state index in [1.165, 1.54) is 14.2 Å². The molecule has 0 rings (SSSR count). The molecule has 0 saturated carbocycles. The summed E-state index contributed by atoms with van der Waals surface area (Å²) in [6, 6.07) is 0. The Balaban J connectivity index is 4.81. The number of hydrogen-bond acceptors (Lipinski definition) is 5. The predicted octanol–water partition coefficient (Wildman–Crippen LogP) is -0.616. The van der Waals surface area contributed by atoms with Gasteiger partial charge in [-0.3, -0.25) is 4.79 Å². The molecule has 0 bridgehead atoms. The lowest BCUT2D eigenvalue weighted by atomic mass is 10.5. The maximum atomic E-state index is 11.9. The lowest BCUT2D eigenvalue weighted by molar-refractivity contribution is -0.136. The van der Waals surface area contributed by atoms with E-state index in [4.69, 9.17) is 14.6 Å². The van der Waals surface area contributed by atoms with Crippen molar-refractivity contribution in [3.63, 3.8) is 0 Å². The number of carbonyl (C=O) groups is 1. The monoisotopic (exact) mass is 269 g/mol. The Hall–Kier alpha value is -0.700. The van der Waals surface area contributed by atoms with E-state index < -0.39 is 21.2 Å². The molecule has 0 aliphatic rings.